The fourth-order valence-electron chi connectivity index (χ4n) is 3.14. The van der Waals surface area contributed by atoms with Crippen LogP contribution in [-0.2, 0) is 19.6 Å². The van der Waals surface area contributed by atoms with Gasteiger partial charge in [0.25, 0.3) is 5.91 Å². The Labute approximate surface area is 146 Å². The molecule has 1 atom stereocenters. The van der Waals surface area contributed by atoms with Gasteiger partial charge in [0, 0.05) is 25.2 Å². The van der Waals surface area contributed by atoms with Crippen LogP contribution in [0.15, 0.2) is 29.2 Å². The second-order valence-electron chi connectivity index (χ2n) is 6.04. The van der Waals surface area contributed by atoms with Crippen LogP contribution in [0.25, 0.3) is 0 Å². The monoisotopic (exact) mass is 368 g/mol. The van der Waals surface area contributed by atoms with Gasteiger partial charge in [-0.05, 0) is 37.1 Å². The maximum Gasteiger partial charge on any atom is 0.326 e. The van der Waals surface area contributed by atoms with E-state index in [1.807, 2.05) is 0 Å². The van der Waals surface area contributed by atoms with Crippen molar-refractivity contribution in [3.8, 4) is 0 Å². The highest BCUT2D eigenvalue weighted by molar-refractivity contribution is 7.89. The Kier molecular flexibility index (Phi) is 5.07. The number of carboxylic acids is 1. The standard InChI is InChI=1S/C16H20N2O6S/c19-15(18-7-1-2-14(18)16(20)21)12-3-5-13(6-4-12)25(22,23)17-8-10-24-11-9-17/h3-6,14H,1-2,7-11H2,(H,20,21)/t14-/m0/s1. The molecule has 8 nitrogen and oxygen atoms in total. The molecule has 1 N–H and O–H groups in total. The quantitative estimate of drug-likeness (QED) is 0.825. The molecule has 136 valence electrons. The number of amides is 1. The topological polar surface area (TPSA) is 104 Å². The van der Waals surface area contributed by atoms with Gasteiger partial charge in [-0.25, -0.2) is 13.2 Å². The number of carbonyl (C=O) groups is 2. The summed E-state index contributed by atoms with van der Waals surface area (Å²) >= 11 is 0. The largest absolute Gasteiger partial charge is 0.480 e. The minimum atomic E-state index is -3.61. The number of carbonyl (C=O) groups excluding carboxylic acids is 1. The lowest BCUT2D eigenvalue weighted by atomic mass is 10.1. The van der Waals surface area contributed by atoms with Gasteiger partial charge >= 0.3 is 5.97 Å². The van der Waals surface area contributed by atoms with E-state index in [0.29, 0.717) is 45.7 Å². The van der Waals surface area contributed by atoms with Crippen molar-refractivity contribution in [3.05, 3.63) is 29.8 Å². The number of hydrogen-bond donors (Lipinski definition) is 1. The second-order valence-corrected chi connectivity index (χ2v) is 7.97. The van der Waals surface area contributed by atoms with Gasteiger partial charge in [-0.15, -0.1) is 0 Å². The molecule has 1 amide bonds. The minimum Gasteiger partial charge on any atom is -0.480 e. The van der Waals surface area contributed by atoms with Crippen molar-refractivity contribution in [2.75, 3.05) is 32.8 Å². The smallest absolute Gasteiger partial charge is 0.326 e. The van der Waals surface area contributed by atoms with Crippen LogP contribution < -0.4 is 0 Å². The van der Waals surface area contributed by atoms with Crippen LogP contribution in [0, 0.1) is 0 Å². The molecule has 0 unspecified atom stereocenters. The van der Waals surface area contributed by atoms with Crippen molar-refractivity contribution in [2.45, 2.75) is 23.8 Å². The molecule has 9 heteroatoms. The Bertz CT molecular complexity index is 755. The van der Waals surface area contributed by atoms with Gasteiger partial charge < -0.3 is 14.7 Å². The van der Waals surface area contributed by atoms with Gasteiger partial charge in [0.2, 0.25) is 10.0 Å². The first kappa shape index (κ1) is 17.8. The summed E-state index contributed by atoms with van der Waals surface area (Å²) in [5, 5.41) is 9.19. The molecule has 2 aliphatic heterocycles. The van der Waals surface area contributed by atoms with Crippen molar-refractivity contribution in [2.24, 2.45) is 0 Å². The molecule has 1 aromatic carbocycles. The van der Waals surface area contributed by atoms with E-state index in [4.69, 9.17) is 4.74 Å². The van der Waals surface area contributed by atoms with Gasteiger partial charge in [-0.3, -0.25) is 4.79 Å². The molecule has 0 saturated carbocycles. The lowest BCUT2D eigenvalue weighted by Crippen LogP contribution is -2.41. The highest BCUT2D eigenvalue weighted by atomic mass is 32.2. The van der Waals surface area contributed by atoms with E-state index >= 15 is 0 Å². The summed E-state index contributed by atoms with van der Waals surface area (Å²) in [6.07, 6.45) is 1.08. The summed E-state index contributed by atoms with van der Waals surface area (Å²) in [4.78, 5) is 25.2. The summed E-state index contributed by atoms with van der Waals surface area (Å²) in [7, 11) is -3.61. The maximum atomic E-state index is 12.6. The Hall–Kier alpha value is -1.97. The van der Waals surface area contributed by atoms with E-state index in [9.17, 15) is 23.1 Å². The Balaban J connectivity index is 1.78. The molecule has 3 rings (SSSR count). The van der Waals surface area contributed by atoms with E-state index in [2.05, 4.69) is 0 Å². The van der Waals surface area contributed by atoms with Crippen molar-refractivity contribution < 1.29 is 27.9 Å². The third kappa shape index (κ3) is 3.53. The third-order valence-electron chi connectivity index (χ3n) is 4.51. The predicted octanol–water partition coefficient (Wildman–Crippen LogP) is 0.397. The summed E-state index contributed by atoms with van der Waals surface area (Å²) in [6, 6.07) is 4.84. The van der Waals surface area contributed by atoms with Crippen LogP contribution in [0.2, 0.25) is 0 Å². The lowest BCUT2D eigenvalue weighted by Gasteiger charge is -2.26. The van der Waals surface area contributed by atoms with E-state index < -0.39 is 22.0 Å². The zero-order valence-corrected chi connectivity index (χ0v) is 14.4. The first-order valence-electron chi connectivity index (χ1n) is 8.13. The fraction of sp³-hybridized carbons (Fsp3) is 0.500. The molecule has 2 fully saturated rings. The molecule has 2 aliphatic rings. The van der Waals surface area contributed by atoms with Gasteiger partial charge in [-0.2, -0.15) is 4.31 Å². The molecular formula is C16H20N2O6S. The molecule has 1 aromatic rings. The van der Waals surface area contributed by atoms with Crippen LogP contribution in [0.1, 0.15) is 23.2 Å². The van der Waals surface area contributed by atoms with Crippen molar-refractivity contribution in [3.63, 3.8) is 0 Å². The first-order chi connectivity index (χ1) is 11.9. The maximum absolute atomic E-state index is 12.6. The first-order valence-corrected chi connectivity index (χ1v) is 9.57. The molecule has 2 saturated heterocycles. The zero-order valence-electron chi connectivity index (χ0n) is 13.6. The number of ether oxygens (including phenoxy) is 1. The Morgan fingerprint density at radius 1 is 1.08 bits per heavy atom. The van der Waals surface area contributed by atoms with Crippen LogP contribution in [0.5, 0.6) is 0 Å². The predicted molar refractivity (Wildman–Crippen MR) is 87.7 cm³/mol. The zero-order chi connectivity index (χ0) is 18.0. The average molecular weight is 368 g/mol. The molecule has 0 spiro atoms. The van der Waals surface area contributed by atoms with Crippen LogP contribution in [0.3, 0.4) is 0 Å². The van der Waals surface area contributed by atoms with E-state index in [1.165, 1.54) is 33.5 Å². The van der Waals surface area contributed by atoms with E-state index in [-0.39, 0.29) is 16.4 Å². The van der Waals surface area contributed by atoms with E-state index in [1.54, 1.807) is 0 Å². The number of rotatable bonds is 4. The minimum absolute atomic E-state index is 0.113. The number of likely N-dealkylation sites (tertiary alicyclic amines) is 1. The number of hydrogen-bond acceptors (Lipinski definition) is 5. The second kappa shape index (κ2) is 7.11. The molecule has 0 bridgehead atoms. The summed E-state index contributed by atoms with van der Waals surface area (Å²) < 4.78 is 31.6. The number of aliphatic carboxylic acids is 1. The fourth-order valence-corrected chi connectivity index (χ4v) is 4.55. The van der Waals surface area contributed by atoms with Crippen molar-refractivity contribution in [1.29, 1.82) is 0 Å². The number of nitrogens with zero attached hydrogens (tertiary/aromatic N) is 2. The highest BCUT2D eigenvalue weighted by Crippen LogP contribution is 2.22. The molecule has 0 radical (unpaired) electrons. The van der Waals surface area contributed by atoms with Gasteiger partial charge in [-0.1, -0.05) is 0 Å². The number of carboxylic acid groups (broad SMARTS) is 1. The lowest BCUT2D eigenvalue weighted by molar-refractivity contribution is -0.141. The van der Waals surface area contributed by atoms with Gasteiger partial charge in [0.1, 0.15) is 6.04 Å². The molecule has 0 aliphatic carbocycles. The van der Waals surface area contributed by atoms with Crippen molar-refractivity contribution >= 4 is 21.9 Å². The van der Waals surface area contributed by atoms with Crippen LogP contribution >= 0.6 is 0 Å². The van der Waals surface area contributed by atoms with Gasteiger partial charge in [0.05, 0.1) is 18.1 Å². The third-order valence-corrected chi connectivity index (χ3v) is 6.42. The van der Waals surface area contributed by atoms with Crippen molar-refractivity contribution in [1.82, 2.24) is 9.21 Å². The number of morpholine rings is 1. The van der Waals surface area contributed by atoms with Gasteiger partial charge in [0.15, 0.2) is 0 Å². The highest BCUT2D eigenvalue weighted by Gasteiger charge is 2.34. The number of benzene rings is 1. The molecule has 25 heavy (non-hydrogen) atoms. The molecular weight excluding hydrogens is 348 g/mol. The molecule has 0 aromatic heterocycles. The SMILES string of the molecule is O=C(O)[C@@H]1CCCN1C(=O)c1ccc(S(=O)(=O)N2CCOCC2)cc1. The van der Waals surface area contributed by atoms with Crippen LogP contribution in [0.4, 0.5) is 0 Å². The molecule has 2 heterocycles. The summed E-state index contributed by atoms with van der Waals surface area (Å²) in [5.74, 6) is -1.41. The number of sulfonamides is 1. The summed E-state index contributed by atoms with van der Waals surface area (Å²) in [5.41, 5.74) is 0.286. The Morgan fingerprint density at radius 2 is 1.72 bits per heavy atom. The Morgan fingerprint density at radius 3 is 2.32 bits per heavy atom. The average Bonchev–Trinajstić information content (AvgIpc) is 3.12. The van der Waals surface area contributed by atoms with Crippen LogP contribution in [-0.4, -0.2) is 73.5 Å². The van der Waals surface area contributed by atoms with E-state index in [0.717, 1.165) is 0 Å². The summed E-state index contributed by atoms with van der Waals surface area (Å²) in [6.45, 7) is 1.72. The normalized spacial score (nSPS) is 22.1.